The summed E-state index contributed by atoms with van der Waals surface area (Å²) in [5.74, 6) is 1.35. The number of aromatic nitrogens is 2. The molecule has 0 bridgehead atoms. The Morgan fingerprint density at radius 2 is 1.79 bits per heavy atom. The van der Waals surface area contributed by atoms with Crippen LogP contribution in [0.1, 0.15) is 27.2 Å². The molecule has 1 aromatic carbocycles. The Bertz CT molecular complexity index is 727. The maximum Gasteiger partial charge on any atom is 0.251 e. The van der Waals surface area contributed by atoms with Crippen molar-refractivity contribution in [2.45, 2.75) is 20.8 Å². The van der Waals surface area contributed by atoms with Crippen LogP contribution in [0.4, 0.5) is 11.8 Å². The van der Waals surface area contributed by atoms with Crippen molar-refractivity contribution in [1.29, 1.82) is 0 Å². The standard InChI is InChI=1S/C18H25N5O/c1-12-6-7-15(10-13(12)2)17(24)19-8-9-20-18-21-14(3)11-16(22-18)23(4)5/h6-7,10-11H,8-9H2,1-5H3,(H,19,24)(H,20,21,22). The molecule has 0 atom stereocenters. The van der Waals surface area contributed by atoms with Gasteiger partial charge in [0.25, 0.3) is 5.91 Å². The smallest absolute Gasteiger partial charge is 0.251 e. The van der Waals surface area contributed by atoms with Gasteiger partial charge in [-0.25, -0.2) is 4.98 Å². The van der Waals surface area contributed by atoms with Crippen LogP contribution in [0, 0.1) is 20.8 Å². The average Bonchev–Trinajstić information content (AvgIpc) is 2.53. The van der Waals surface area contributed by atoms with Crippen LogP contribution in [0.3, 0.4) is 0 Å². The molecule has 1 heterocycles. The molecule has 0 fully saturated rings. The van der Waals surface area contributed by atoms with Crippen LogP contribution in [0.15, 0.2) is 24.3 Å². The predicted octanol–water partition coefficient (Wildman–Crippen LogP) is 2.31. The fraction of sp³-hybridized carbons (Fsp3) is 0.389. The second-order valence-electron chi connectivity index (χ2n) is 6.07. The summed E-state index contributed by atoms with van der Waals surface area (Å²) in [5.41, 5.74) is 3.88. The number of benzene rings is 1. The maximum absolute atomic E-state index is 12.1. The molecule has 24 heavy (non-hydrogen) atoms. The highest BCUT2D eigenvalue weighted by Crippen LogP contribution is 2.12. The summed E-state index contributed by atoms with van der Waals surface area (Å²) in [6, 6.07) is 7.64. The van der Waals surface area contributed by atoms with Crippen molar-refractivity contribution in [1.82, 2.24) is 15.3 Å². The van der Waals surface area contributed by atoms with Crippen molar-refractivity contribution in [3.05, 3.63) is 46.6 Å². The Morgan fingerprint density at radius 1 is 1.04 bits per heavy atom. The minimum absolute atomic E-state index is 0.0703. The van der Waals surface area contributed by atoms with Gasteiger partial charge in [0.1, 0.15) is 5.82 Å². The summed E-state index contributed by atoms with van der Waals surface area (Å²) in [4.78, 5) is 22.8. The Kier molecular flexibility index (Phi) is 5.73. The lowest BCUT2D eigenvalue weighted by Crippen LogP contribution is -2.29. The van der Waals surface area contributed by atoms with Gasteiger partial charge in [-0.15, -0.1) is 0 Å². The molecule has 0 spiro atoms. The molecular weight excluding hydrogens is 302 g/mol. The summed E-state index contributed by atoms with van der Waals surface area (Å²) in [6.45, 7) is 7.03. The topological polar surface area (TPSA) is 70.2 Å². The molecule has 0 unspecified atom stereocenters. The minimum Gasteiger partial charge on any atom is -0.363 e. The van der Waals surface area contributed by atoms with E-state index < -0.39 is 0 Å². The lowest BCUT2D eigenvalue weighted by molar-refractivity contribution is 0.0955. The molecule has 0 saturated carbocycles. The Balaban J connectivity index is 1.86. The normalized spacial score (nSPS) is 10.4. The zero-order valence-electron chi connectivity index (χ0n) is 15.0. The van der Waals surface area contributed by atoms with Gasteiger partial charge in [0.05, 0.1) is 0 Å². The quantitative estimate of drug-likeness (QED) is 0.797. The highest BCUT2D eigenvalue weighted by atomic mass is 16.1. The van der Waals surface area contributed by atoms with Crippen molar-refractivity contribution >= 4 is 17.7 Å². The van der Waals surface area contributed by atoms with Crippen LogP contribution in [0.25, 0.3) is 0 Å². The molecule has 0 radical (unpaired) electrons. The van der Waals surface area contributed by atoms with E-state index in [9.17, 15) is 4.79 Å². The number of hydrogen-bond donors (Lipinski definition) is 2. The molecule has 0 aliphatic heterocycles. The third kappa shape index (κ3) is 4.68. The van der Waals surface area contributed by atoms with Crippen LogP contribution in [-0.2, 0) is 0 Å². The molecule has 1 amide bonds. The van der Waals surface area contributed by atoms with Gasteiger partial charge in [-0.2, -0.15) is 4.98 Å². The first kappa shape index (κ1) is 17.7. The summed E-state index contributed by atoms with van der Waals surface area (Å²) in [5, 5.41) is 6.04. The van der Waals surface area contributed by atoms with Gasteiger partial charge in [-0.1, -0.05) is 6.07 Å². The second-order valence-corrected chi connectivity index (χ2v) is 6.07. The Morgan fingerprint density at radius 3 is 2.46 bits per heavy atom. The van der Waals surface area contributed by atoms with Gasteiger partial charge in [0.2, 0.25) is 5.95 Å². The first-order chi connectivity index (χ1) is 11.4. The van der Waals surface area contributed by atoms with Gasteiger partial charge >= 0.3 is 0 Å². The maximum atomic E-state index is 12.1. The molecule has 0 aliphatic carbocycles. The molecule has 0 aliphatic rings. The first-order valence-electron chi connectivity index (χ1n) is 7.99. The fourth-order valence-corrected chi connectivity index (χ4v) is 2.20. The molecule has 1 aromatic heterocycles. The molecule has 0 saturated heterocycles. The predicted molar refractivity (Wildman–Crippen MR) is 97.8 cm³/mol. The Hall–Kier alpha value is -2.63. The van der Waals surface area contributed by atoms with E-state index in [2.05, 4.69) is 20.6 Å². The number of aryl methyl sites for hydroxylation is 3. The van der Waals surface area contributed by atoms with Gasteiger partial charge in [-0.3, -0.25) is 4.79 Å². The highest BCUT2D eigenvalue weighted by Gasteiger charge is 2.07. The van der Waals surface area contributed by atoms with Gasteiger partial charge in [-0.05, 0) is 44.0 Å². The minimum atomic E-state index is -0.0703. The van der Waals surface area contributed by atoms with E-state index in [1.54, 1.807) is 0 Å². The SMILES string of the molecule is Cc1cc(N(C)C)nc(NCCNC(=O)c2ccc(C)c(C)c2)n1. The summed E-state index contributed by atoms with van der Waals surface area (Å²) >= 11 is 0. The number of hydrogen-bond acceptors (Lipinski definition) is 5. The molecule has 2 aromatic rings. The largest absolute Gasteiger partial charge is 0.363 e. The Labute approximate surface area is 143 Å². The lowest BCUT2D eigenvalue weighted by Gasteiger charge is -2.14. The summed E-state index contributed by atoms with van der Waals surface area (Å²) < 4.78 is 0. The van der Waals surface area contributed by atoms with Crippen LogP contribution < -0.4 is 15.5 Å². The number of carbonyl (C=O) groups excluding carboxylic acids is 1. The zero-order valence-corrected chi connectivity index (χ0v) is 15.0. The summed E-state index contributed by atoms with van der Waals surface area (Å²) in [7, 11) is 3.88. The number of nitrogens with one attached hydrogen (secondary N) is 2. The number of anilines is 2. The third-order valence-corrected chi connectivity index (χ3v) is 3.76. The zero-order chi connectivity index (χ0) is 17.7. The van der Waals surface area contributed by atoms with E-state index in [0.717, 1.165) is 17.1 Å². The number of nitrogens with zero attached hydrogens (tertiary/aromatic N) is 3. The van der Waals surface area contributed by atoms with E-state index >= 15 is 0 Å². The molecular formula is C18H25N5O. The highest BCUT2D eigenvalue weighted by molar-refractivity contribution is 5.94. The van der Waals surface area contributed by atoms with Crippen LogP contribution in [-0.4, -0.2) is 43.1 Å². The monoisotopic (exact) mass is 327 g/mol. The van der Waals surface area contributed by atoms with Gasteiger partial charge in [0.15, 0.2) is 0 Å². The molecule has 6 nitrogen and oxygen atoms in total. The van der Waals surface area contributed by atoms with E-state index in [1.165, 1.54) is 5.56 Å². The van der Waals surface area contributed by atoms with E-state index in [0.29, 0.717) is 24.6 Å². The molecule has 2 N–H and O–H groups in total. The lowest BCUT2D eigenvalue weighted by atomic mass is 10.1. The van der Waals surface area contributed by atoms with E-state index in [4.69, 9.17) is 0 Å². The number of rotatable bonds is 6. The van der Waals surface area contributed by atoms with Crippen LogP contribution in [0.5, 0.6) is 0 Å². The van der Waals surface area contributed by atoms with Crippen molar-refractivity contribution in [3.8, 4) is 0 Å². The summed E-state index contributed by atoms with van der Waals surface area (Å²) in [6.07, 6.45) is 0. The molecule has 6 heteroatoms. The first-order valence-corrected chi connectivity index (χ1v) is 7.99. The van der Waals surface area contributed by atoms with Crippen molar-refractivity contribution in [3.63, 3.8) is 0 Å². The third-order valence-electron chi connectivity index (χ3n) is 3.76. The number of carbonyl (C=O) groups is 1. The molecule has 128 valence electrons. The fourth-order valence-electron chi connectivity index (χ4n) is 2.20. The molecule has 2 rings (SSSR count). The van der Waals surface area contributed by atoms with Crippen LogP contribution in [0.2, 0.25) is 0 Å². The number of amides is 1. The van der Waals surface area contributed by atoms with Crippen molar-refractivity contribution in [2.75, 3.05) is 37.4 Å². The van der Waals surface area contributed by atoms with Crippen molar-refractivity contribution in [2.24, 2.45) is 0 Å². The van der Waals surface area contributed by atoms with Crippen LogP contribution >= 0.6 is 0 Å². The van der Waals surface area contributed by atoms with E-state index in [-0.39, 0.29) is 5.91 Å². The average molecular weight is 327 g/mol. The van der Waals surface area contributed by atoms with Crippen molar-refractivity contribution < 1.29 is 4.79 Å². The second kappa shape index (κ2) is 7.77. The van der Waals surface area contributed by atoms with Gasteiger partial charge in [0, 0.05) is 44.5 Å². The van der Waals surface area contributed by atoms with E-state index in [1.807, 2.05) is 64.0 Å². The van der Waals surface area contributed by atoms with Gasteiger partial charge < -0.3 is 15.5 Å².